The lowest BCUT2D eigenvalue weighted by Crippen LogP contribution is -2.34. The van der Waals surface area contributed by atoms with Crippen molar-refractivity contribution in [3.63, 3.8) is 0 Å². The number of thiocarbonyl (C=S) groups is 1. The fraction of sp³-hybridized carbons (Fsp3) is 0.923. The molecule has 4 nitrogen and oxygen atoms in total. The number of ether oxygens (including phenoxy) is 1. The fourth-order valence-electron chi connectivity index (χ4n) is 5.77. The van der Waals surface area contributed by atoms with Crippen molar-refractivity contribution in [3.8, 4) is 0 Å². The smallest absolute Gasteiger partial charge is 0.308 e. The van der Waals surface area contributed by atoms with Gasteiger partial charge in [0.25, 0.3) is 0 Å². The zero-order chi connectivity index (χ0) is 34.1. The van der Waals surface area contributed by atoms with Gasteiger partial charge in [-0.2, -0.15) is 0 Å². The van der Waals surface area contributed by atoms with Gasteiger partial charge in [0.2, 0.25) is 5.91 Å². The molecule has 0 saturated heterocycles. The highest BCUT2D eigenvalue weighted by Gasteiger charge is 2.28. The van der Waals surface area contributed by atoms with Crippen molar-refractivity contribution >= 4 is 51.1 Å². The van der Waals surface area contributed by atoms with Crippen LogP contribution < -0.4 is 0 Å². The standard InChI is InChI=1S/C39H75NO3S3/c1-6-8-10-12-14-16-18-19-20-21-22-23-24-26-28-30-32-43-38(42)35(3)34-36(37(41)40(4)5)46-39(44)45-33-31-29-27-25-17-15-13-11-9-7-2/h35-36H,6-34H2,1-5H3. The maximum atomic E-state index is 12.9. The number of esters is 1. The minimum Gasteiger partial charge on any atom is -0.465 e. The number of hydrogen-bond acceptors (Lipinski definition) is 6. The van der Waals surface area contributed by atoms with Gasteiger partial charge < -0.3 is 9.64 Å². The van der Waals surface area contributed by atoms with E-state index in [1.54, 1.807) is 30.8 Å². The molecule has 0 bridgehead atoms. The largest absolute Gasteiger partial charge is 0.465 e. The van der Waals surface area contributed by atoms with E-state index >= 15 is 0 Å². The van der Waals surface area contributed by atoms with Crippen LogP contribution in [0.5, 0.6) is 0 Å². The van der Waals surface area contributed by atoms with Crippen LogP contribution in [0.25, 0.3) is 0 Å². The Morgan fingerprint density at radius 2 is 0.978 bits per heavy atom. The number of hydrogen-bond donors (Lipinski definition) is 0. The first-order chi connectivity index (χ1) is 22.3. The molecule has 46 heavy (non-hydrogen) atoms. The molecule has 0 heterocycles. The quantitative estimate of drug-likeness (QED) is 0.0386. The van der Waals surface area contributed by atoms with E-state index in [2.05, 4.69) is 13.8 Å². The fourth-order valence-corrected chi connectivity index (χ4v) is 8.68. The van der Waals surface area contributed by atoms with Gasteiger partial charge in [-0.3, -0.25) is 9.59 Å². The number of nitrogens with zero attached hydrogens (tertiary/aromatic N) is 1. The zero-order valence-corrected chi connectivity index (χ0v) is 33.5. The number of amides is 1. The Labute approximate surface area is 300 Å². The van der Waals surface area contributed by atoms with Crippen LogP contribution in [0.4, 0.5) is 0 Å². The Balaban J connectivity index is 3.96. The third kappa shape index (κ3) is 29.8. The van der Waals surface area contributed by atoms with Gasteiger partial charge in [-0.25, -0.2) is 0 Å². The van der Waals surface area contributed by atoms with Gasteiger partial charge in [-0.15, -0.1) is 11.8 Å². The Morgan fingerprint density at radius 3 is 1.37 bits per heavy atom. The summed E-state index contributed by atoms with van der Waals surface area (Å²) >= 11 is 8.79. The lowest BCUT2D eigenvalue weighted by molar-refractivity contribution is -0.148. The highest BCUT2D eigenvalue weighted by atomic mass is 32.2. The third-order valence-electron chi connectivity index (χ3n) is 8.88. The minimum absolute atomic E-state index is 0.0179. The molecule has 0 aliphatic carbocycles. The molecule has 0 aromatic rings. The van der Waals surface area contributed by atoms with Crippen molar-refractivity contribution in [2.45, 2.75) is 199 Å². The van der Waals surface area contributed by atoms with Crippen LogP contribution in [0, 0.1) is 5.92 Å². The van der Waals surface area contributed by atoms with Crippen molar-refractivity contribution < 1.29 is 14.3 Å². The van der Waals surface area contributed by atoms with E-state index in [1.807, 2.05) is 6.92 Å². The second kappa shape index (κ2) is 34.6. The van der Waals surface area contributed by atoms with Crippen molar-refractivity contribution in [1.29, 1.82) is 0 Å². The number of carbonyl (C=O) groups is 2. The van der Waals surface area contributed by atoms with Crippen molar-refractivity contribution in [2.75, 3.05) is 26.5 Å². The molecule has 0 aromatic carbocycles. The number of carbonyl (C=O) groups excluding carboxylic acids is 2. The molecule has 2 atom stereocenters. The van der Waals surface area contributed by atoms with E-state index in [4.69, 9.17) is 17.0 Å². The number of rotatable bonds is 33. The summed E-state index contributed by atoms with van der Waals surface area (Å²) in [4.78, 5) is 27.2. The number of unbranched alkanes of at least 4 members (excludes halogenated alkanes) is 24. The number of thioether (sulfide) groups is 2. The molecular weight excluding hydrogens is 627 g/mol. The Kier molecular flexibility index (Phi) is 34.4. The SMILES string of the molecule is CCCCCCCCCCCCCCCCCCOC(=O)C(C)CC(SC(=S)SCCCCCCCCCCCC)C(=O)N(C)C. The predicted octanol–water partition coefficient (Wildman–Crippen LogP) is 12.9. The van der Waals surface area contributed by atoms with E-state index in [9.17, 15) is 9.59 Å². The van der Waals surface area contributed by atoms with Crippen molar-refractivity contribution in [3.05, 3.63) is 0 Å². The van der Waals surface area contributed by atoms with Crippen molar-refractivity contribution in [1.82, 2.24) is 4.90 Å². The summed E-state index contributed by atoms with van der Waals surface area (Å²) in [6.45, 7) is 6.91. The predicted molar refractivity (Wildman–Crippen MR) is 211 cm³/mol. The lowest BCUT2D eigenvalue weighted by atomic mass is 10.0. The Hall–Kier alpha value is -0.270. The minimum atomic E-state index is -0.346. The van der Waals surface area contributed by atoms with Crippen LogP contribution >= 0.6 is 35.7 Å². The summed E-state index contributed by atoms with van der Waals surface area (Å²) in [5, 5.41) is -0.346. The monoisotopic (exact) mass is 701 g/mol. The van der Waals surface area contributed by atoms with Crippen LogP contribution in [0.3, 0.4) is 0 Å². The van der Waals surface area contributed by atoms with E-state index in [0.29, 0.717) is 13.0 Å². The van der Waals surface area contributed by atoms with Gasteiger partial charge in [0.15, 0.2) is 0 Å². The van der Waals surface area contributed by atoms with Crippen LogP contribution in [-0.2, 0) is 14.3 Å². The molecular formula is C39H75NO3S3. The van der Waals surface area contributed by atoms with Crippen molar-refractivity contribution in [2.24, 2.45) is 5.92 Å². The summed E-state index contributed by atoms with van der Waals surface area (Å²) in [7, 11) is 3.55. The van der Waals surface area contributed by atoms with Gasteiger partial charge in [0.1, 0.15) is 3.53 Å². The Bertz CT molecular complexity index is 719. The first-order valence-electron chi connectivity index (χ1n) is 19.5. The molecule has 0 aliphatic rings. The molecule has 2 unspecified atom stereocenters. The van der Waals surface area contributed by atoms with E-state index in [1.165, 1.54) is 159 Å². The molecule has 1 amide bonds. The first kappa shape index (κ1) is 45.7. The van der Waals surface area contributed by atoms with Crippen LogP contribution in [0.15, 0.2) is 0 Å². The molecule has 0 aliphatic heterocycles. The first-order valence-corrected chi connectivity index (χ1v) is 21.8. The van der Waals surface area contributed by atoms with E-state index < -0.39 is 0 Å². The highest BCUT2D eigenvalue weighted by molar-refractivity contribution is 8.47. The van der Waals surface area contributed by atoms with E-state index in [-0.39, 0.29) is 23.0 Å². The van der Waals surface area contributed by atoms with Gasteiger partial charge >= 0.3 is 5.97 Å². The Morgan fingerprint density at radius 1 is 0.609 bits per heavy atom. The topological polar surface area (TPSA) is 46.6 Å². The average molecular weight is 702 g/mol. The summed E-state index contributed by atoms with van der Waals surface area (Å²) in [6.07, 6.45) is 35.0. The van der Waals surface area contributed by atoms with Crippen LogP contribution in [-0.4, -0.2) is 52.0 Å². The molecule has 0 fully saturated rings. The molecule has 0 spiro atoms. The van der Waals surface area contributed by atoms with Crippen LogP contribution in [0.1, 0.15) is 194 Å². The molecule has 0 N–H and O–H groups in total. The molecule has 272 valence electrons. The molecule has 7 heteroatoms. The summed E-state index contributed by atoms with van der Waals surface area (Å²) in [5.74, 6) is 0.505. The average Bonchev–Trinajstić information content (AvgIpc) is 3.04. The van der Waals surface area contributed by atoms with Gasteiger partial charge in [0.05, 0.1) is 17.8 Å². The lowest BCUT2D eigenvalue weighted by Gasteiger charge is -2.22. The summed E-state index contributed by atoms with van der Waals surface area (Å²) < 4.78 is 6.41. The maximum Gasteiger partial charge on any atom is 0.308 e. The third-order valence-corrected chi connectivity index (χ3v) is 11.8. The van der Waals surface area contributed by atoms with Crippen LogP contribution in [0.2, 0.25) is 0 Å². The van der Waals surface area contributed by atoms with Gasteiger partial charge in [-0.1, -0.05) is 199 Å². The van der Waals surface area contributed by atoms with E-state index in [0.717, 1.165) is 28.5 Å². The summed E-state index contributed by atoms with van der Waals surface area (Å²) in [5.41, 5.74) is 0. The second-order valence-corrected chi connectivity index (χ2v) is 17.2. The van der Waals surface area contributed by atoms with Gasteiger partial charge in [0, 0.05) is 14.1 Å². The highest BCUT2D eigenvalue weighted by Crippen LogP contribution is 2.29. The molecule has 0 radical (unpaired) electrons. The molecule has 0 saturated carbocycles. The van der Waals surface area contributed by atoms with Gasteiger partial charge in [-0.05, 0) is 25.0 Å². The normalized spacial score (nSPS) is 12.6. The maximum absolute atomic E-state index is 12.9. The molecule has 0 rings (SSSR count). The second-order valence-electron chi connectivity index (χ2n) is 13.7. The zero-order valence-electron chi connectivity index (χ0n) is 31.1. The summed E-state index contributed by atoms with van der Waals surface area (Å²) in [6, 6.07) is 0. The molecule has 0 aromatic heterocycles.